The van der Waals surface area contributed by atoms with E-state index in [-0.39, 0.29) is 0 Å². The zero-order chi connectivity index (χ0) is 13.9. The minimum atomic E-state index is -4.38. The summed E-state index contributed by atoms with van der Waals surface area (Å²) < 4.78 is 42.6. The summed E-state index contributed by atoms with van der Waals surface area (Å²) in [6.45, 7) is 4.50. The van der Waals surface area contributed by atoms with Gasteiger partial charge in [0.05, 0.1) is 6.10 Å². The Hall–Kier alpha value is -1.07. The van der Waals surface area contributed by atoms with E-state index in [1.165, 1.54) is 0 Å². The molecular weight excluding hydrogens is 243 g/mol. The quantitative estimate of drug-likeness (QED) is 0.902. The van der Waals surface area contributed by atoms with Gasteiger partial charge in [0.1, 0.15) is 0 Å². The van der Waals surface area contributed by atoms with Gasteiger partial charge in [0.15, 0.2) is 6.10 Å². The largest absolute Gasteiger partial charge is 0.414 e. The van der Waals surface area contributed by atoms with Gasteiger partial charge in [-0.3, -0.25) is 0 Å². The summed E-state index contributed by atoms with van der Waals surface area (Å²) in [5, 5.41) is 0. The summed E-state index contributed by atoms with van der Waals surface area (Å²) >= 11 is 0. The molecule has 0 aromatic heterocycles. The Morgan fingerprint density at radius 3 is 2.28 bits per heavy atom. The summed E-state index contributed by atoms with van der Waals surface area (Å²) in [5.41, 5.74) is 7.35. The fraction of sp³-hybridized carbons (Fsp3) is 0.538. The van der Waals surface area contributed by atoms with Crippen LogP contribution in [0.3, 0.4) is 0 Å². The Balaban J connectivity index is 2.91. The number of alkyl halides is 3. The maximum Gasteiger partial charge on any atom is 0.414 e. The van der Waals surface area contributed by atoms with E-state index in [9.17, 15) is 13.2 Å². The molecular formula is C13H18F3NO. The van der Waals surface area contributed by atoms with E-state index in [2.05, 4.69) is 0 Å². The van der Waals surface area contributed by atoms with Crippen molar-refractivity contribution in [1.82, 2.24) is 0 Å². The second kappa shape index (κ2) is 5.71. The standard InChI is InChI=1S/C13H18F3NO/c1-8-5-4-6-11(7-8)12(9(2)17)18-10(3)13(14,15)16/h4-7,9-10,12H,17H2,1-3H3. The van der Waals surface area contributed by atoms with E-state index < -0.39 is 24.4 Å². The van der Waals surface area contributed by atoms with Gasteiger partial charge in [0.2, 0.25) is 0 Å². The number of hydrogen-bond donors (Lipinski definition) is 1. The molecule has 18 heavy (non-hydrogen) atoms. The summed E-state index contributed by atoms with van der Waals surface area (Å²) in [6, 6.07) is 6.65. The fourth-order valence-electron chi connectivity index (χ4n) is 1.65. The molecule has 0 aliphatic heterocycles. The molecule has 5 heteroatoms. The van der Waals surface area contributed by atoms with E-state index in [0.717, 1.165) is 12.5 Å². The molecule has 0 heterocycles. The second-order valence-corrected chi connectivity index (χ2v) is 4.51. The lowest BCUT2D eigenvalue weighted by molar-refractivity contribution is -0.229. The van der Waals surface area contributed by atoms with Gasteiger partial charge < -0.3 is 10.5 Å². The van der Waals surface area contributed by atoms with E-state index in [1.54, 1.807) is 25.1 Å². The molecule has 1 aromatic rings. The number of aryl methyl sites for hydroxylation is 1. The molecule has 0 amide bonds. The van der Waals surface area contributed by atoms with Crippen LogP contribution >= 0.6 is 0 Å². The van der Waals surface area contributed by atoms with Gasteiger partial charge in [-0.25, -0.2) is 0 Å². The van der Waals surface area contributed by atoms with E-state index in [4.69, 9.17) is 10.5 Å². The normalized spacial score (nSPS) is 17.3. The molecule has 0 bridgehead atoms. The third-order valence-electron chi connectivity index (χ3n) is 2.66. The lowest BCUT2D eigenvalue weighted by Gasteiger charge is -2.27. The Kier molecular flexibility index (Phi) is 4.76. The van der Waals surface area contributed by atoms with E-state index in [0.29, 0.717) is 5.56 Å². The van der Waals surface area contributed by atoms with Crippen molar-refractivity contribution in [3.05, 3.63) is 35.4 Å². The van der Waals surface area contributed by atoms with Crippen LogP contribution in [0, 0.1) is 6.92 Å². The van der Waals surface area contributed by atoms with Crippen LogP contribution in [0.15, 0.2) is 24.3 Å². The van der Waals surface area contributed by atoms with Crippen LogP contribution in [0.5, 0.6) is 0 Å². The Morgan fingerprint density at radius 1 is 1.22 bits per heavy atom. The molecule has 1 rings (SSSR count). The predicted molar refractivity (Wildman–Crippen MR) is 64.2 cm³/mol. The maximum absolute atomic E-state index is 12.5. The number of halogens is 3. The second-order valence-electron chi connectivity index (χ2n) is 4.51. The molecule has 0 aliphatic rings. The van der Waals surface area contributed by atoms with Gasteiger partial charge in [-0.05, 0) is 26.3 Å². The molecule has 3 unspecified atom stereocenters. The highest BCUT2D eigenvalue weighted by Gasteiger charge is 2.39. The van der Waals surface area contributed by atoms with Gasteiger partial charge in [0.25, 0.3) is 0 Å². The van der Waals surface area contributed by atoms with Crippen molar-refractivity contribution in [3.8, 4) is 0 Å². The van der Waals surface area contributed by atoms with Crippen molar-refractivity contribution in [2.24, 2.45) is 5.73 Å². The first-order valence-corrected chi connectivity index (χ1v) is 5.76. The summed E-state index contributed by atoms with van der Waals surface area (Å²) in [6.07, 6.45) is -6.98. The minimum Gasteiger partial charge on any atom is -0.360 e. The van der Waals surface area contributed by atoms with Crippen LogP contribution < -0.4 is 5.73 Å². The molecule has 2 nitrogen and oxygen atoms in total. The van der Waals surface area contributed by atoms with Crippen LogP contribution in [-0.4, -0.2) is 18.3 Å². The first-order valence-electron chi connectivity index (χ1n) is 5.76. The van der Waals surface area contributed by atoms with E-state index >= 15 is 0 Å². The average molecular weight is 261 g/mol. The van der Waals surface area contributed by atoms with Crippen molar-refractivity contribution in [2.75, 3.05) is 0 Å². The molecule has 2 N–H and O–H groups in total. The Bertz CT molecular complexity index is 390. The molecule has 0 saturated heterocycles. The van der Waals surface area contributed by atoms with Crippen LogP contribution in [0.2, 0.25) is 0 Å². The fourth-order valence-corrected chi connectivity index (χ4v) is 1.65. The average Bonchev–Trinajstić information content (AvgIpc) is 2.23. The molecule has 0 saturated carbocycles. The zero-order valence-electron chi connectivity index (χ0n) is 10.7. The third-order valence-corrected chi connectivity index (χ3v) is 2.66. The molecule has 3 atom stereocenters. The minimum absolute atomic E-state index is 0.517. The van der Waals surface area contributed by atoms with Crippen LogP contribution in [0.4, 0.5) is 13.2 Å². The van der Waals surface area contributed by atoms with Crippen molar-refractivity contribution in [1.29, 1.82) is 0 Å². The van der Waals surface area contributed by atoms with Crippen LogP contribution in [0.25, 0.3) is 0 Å². The number of ether oxygens (including phenoxy) is 1. The van der Waals surface area contributed by atoms with Crippen molar-refractivity contribution >= 4 is 0 Å². The van der Waals surface area contributed by atoms with Gasteiger partial charge in [0, 0.05) is 6.04 Å². The molecule has 0 aliphatic carbocycles. The third kappa shape index (κ3) is 3.99. The van der Waals surface area contributed by atoms with Crippen LogP contribution in [0.1, 0.15) is 31.1 Å². The summed E-state index contributed by atoms with van der Waals surface area (Å²) in [7, 11) is 0. The number of hydrogen-bond acceptors (Lipinski definition) is 2. The highest BCUT2D eigenvalue weighted by Crippen LogP contribution is 2.29. The molecule has 102 valence electrons. The van der Waals surface area contributed by atoms with Gasteiger partial charge >= 0.3 is 6.18 Å². The maximum atomic E-state index is 12.5. The van der Waals surface area contributed by atoms with Gasteiger partial charge in [-0.15, -0.1) is 0 Å². The SMILES string of the molecule is Cc1cccc(C(OC(C)C(F)(F)F)C(C)N)c1. The number of nitrogens with two attached hydrogens (primary N) is 1. The Labute approximate surface area is 105 Å². The number of rotatable bonds is 4. The summed E-state index contributed by atoms with van der Waals surface area (Å²) in [4.78, 5) is 0. The van der Waals surface area contributed by atoms with Gasteiger partial charge in [-0.2, -0.15) is 13.2 Å². The number of benzene rings is 1. The van der Waals surface area contributed by atoms with Gasteiger partial charge in [-0.1, -0.05) is 29.8 Å². The first-order chi connectivity index (χ1) is 8.21. The van der Waals surface area contributed by atoms with Crippen molar-refractivity contribution < 1.29 is 17.9 Å². The molecule has 1 aromatic carbocycles. The first kappa shape index (κ1) is 15.0. The van der Waals surface area contributed by atoms with E-state index in [1.807, 2.05) is 13.0 Å². The monoisotopic (exact) mass is 261 g/mol. The summed E-state index contributed by atoms with van der Waals surface area (Å²) in [5.74, 6) is 0. The molecule has 0 fully saturated rings. The van der Waals surface area contributed by atoms with Crippen molar-refractivity contribution in [2.45, 2.75) is 45.2 Å². The highest BCUT2D eigenvalue weighted by atomic mass is 19.4. The highest BCUT2D eigenvalue weighted by molar-refractivity contribution is 5.25. The topological polar surface area (TPSA) is 35.2 Å². The lowest BCUT2D eigenvalue weighted by atomic mass is 10.0. The smallest absolute Gasteiger partial charge is 0.360 e. The zero-order valence-corrected chi connectivity index (χ0v) is 10.7. The lowest BCUT2D eigenvalue weighted by Crippen LogP contribution is -2.35. The molecule has 0 spiro atoms. The van der Waals surface area contributed by atoms with Crippen LogP contribution in [-0.2, 0) is 4.74 Å². The van der Waals surface area contributed by atoms with Crippen molar-refractivity contribution in [3.63, 3.8) is 0 Å². The Morgan fingerprint density at radius 2 is 1.83 bits per heavy atom. The molecule has 0 radical (unpaired) electrons. The predicted octanol–water partition coefficient (Wildman–Crippen LogP) is 3.35.